The van der Waals surface area contributed by atoms with Crippen molar-refractivity contribution in [1.29, 1.82) is 0 Å². The van der Waals surface area contributed by atoms with Gasteiger partial charge in [-0.05, 0) is 68.9 Å². The molecule has 0 saturated heterocycles. The van der Waals surface area contributed by atoms with Crippen LogP contribution in [0.5, 0.6) is 11.5 Å². The number of nitrogens with two attached hydrogens (primary N) is 1. The molecule has 0 bridgehead atoms. The van der Waals surface area contributed by atoms with E-state index in [0.29, 0.717) is 13.0 Å². The lowest BCUT2D eigenvalue weighted by molar-refractivity contribution is 0.414. The van der Waals surface area contributed by atoms with Gasteiger partial charge in [0.25, 0.3) is 0 Å². The molecule has 2 aromatic heterocycles. The fraction of sp³-hybridized carbons (Fsp3) is 0.273. The molecule has 6 nitrogen and oxygen atoms in total. The number of likely N-dealkylation sites (N-methyl/N-ethyl adjacent to an activating group) is 1. The van der Waals surface area contributed by atoms with Crippen LogP contribution >= 0.6 is 0 Å². The van der Waals surface area contributed by atoms with Crippen molar-refractivity contribution in [2.24, 2.45) is 5.73 Å². The van der Waals surface area contributed by atoms with E-state index >= 15 is 0 Å². The molecule has 4 aromatic rings. The first-order chi connectivity index (χ1) is 13.5. The van der Waals surface area contributed by atoms with Gasteiger partial charge in [-0.25, -0.2) is 0 Å². The number of H-pyrrole nitrogens is 2. The van der Waals surface area contributed by atoms with E-state index in [1.807, 2.05) is 38.6 Å². The quantitative estimate of drug-likeness (QED) is 0.355. The molecule has 0 saturated carbocycles. The van der Waals surface area contributed by atoms with E-state index in [1.54, 1.807) is 12.1 Å². The van der Waals surface area contributed by atoms with E-state index in [-0.39, 0.29) is 11.5 Å². The molecular weight excluding hydrogens is 352 g/mol. The Hall–Kier alpha value is -2.96. The predicted octanol–water partition coefficient (Wildman–Crippen LogP) is 3.33. The number of fused-ring (bicyclic) bond motifs is 2. The van der Waals surface area contributed by atoms with Gasteiger partial charge in [-0.15, -0.1) is 0 Å². The van der Waals surface area contributed by atoms with Crippen molar-refractivity contribution in [3.05, 3.63) is 47.8 Å². The minimum atomic E-state index is 0.247. The molecule has 6 heteroatoms. The molecule has 2 heterocycles. The highest BCUT2D eigenvalue weighted by Crippen LogP contribution is 2.40. The molecule has 0 radical (unpaired) electrons. The zero-order valence-electron chi connectivity index (χ0n) is 16.2. The summed E-state index contributed by atoms with van der Waals surface area (Å²) in [6.07, 6.45) is 5.43. The van der Waals surface area contributed by atoms with Gasteiger partial charge >= 0.3 is 0 Å². The van der Waals surface area contributed by atoms with Crippen LogP contribution in [0.1, 0.15) is 11.1 Å². The molecule has 146 valence electrons. The third-order valence-corrected chi connectivity index (χ3v) is 5.32. The predicted molar refractivity (Wildman–Crippen MR) is 114 cm³/mol. The number of rotatable bonds is 6. The number of aromatic nitrogens is 2. The van der Waals surface area contributed by atoms with E-state index < -0.39 is 0 Å². The van der Waals surface area contributed by atoms with Crippen molar-refractivity contribution in [2.75, 3.05) is 27.2 Å². The van der Waals surface area contributed by atoms with Crippen molar-refractivity contribution in [2.45, 2.75) is 12.8 Å². The van der Waals surface area contributed by atoms with Crippen LogP contribution in [-0.4, -0.2) is 52.3 Å². The van der Waals surface area contributed by atoms with E-state index in [0.717, 1.165) is 57.0 Å². The SMILES string of the molecule is CN(C)CCc1c[nH]c2c(-c3ccc(O)c4c(CCN)c[nH]c34)ccc(O)c12. The zero-order chi connectivity index (χ0) is 19.8. The molecule has 0 amide bonds. The van der Waals surface area contributed by atoms with Crippen LogP contribution in [0.4, 0.5) is 0 Å². The highest BCUT2D eigenvalue weighted by Gasteiger charge is 2.18. The van der Waals surface area contributed by atoms with Gasteiger partial charge in [0.1, 0.15) is 11.5 Å². The van der Waals surface area contributed by atoms with Crippen molar-refractivity contribution < 1.29 is 10.2 Å². The monoisotopic (exact) mass is 378 g/mol. The maximum absolute atomic E-state index is 10.5. The Morgan fingerprint density at radius 2 is 1.32 bits per heavy atom. The molecule has 4 rings (SSSR count). The number of nitrogens with one attached hydrogen (secondary N) is 2. The van der Waals surface area contributed by atoms with Gasteiger partial charge in [-0.2, -0.15) is 0 Å². The lowest BCUT2D eigenvalue weighted by Gasteiger charge is -2.11. The molecule has 0 atom stereocenters. The Morgan fingerprint density at radius 3 is 1.79 bits per heavy atom. The summed E-state index contributed by atoms with van der Waals surface area (Å²) in [5.41, 5.74) is 11.5. The van der Waals surface area contributed by atoms with Gasteiger partial charge in [-0.1, -0.05) is 0 Å². The van der Waals surface area contributed by atoms with Crippen LogP contribution in [0.2, 0.25) is 0 Å². The second kappa shape index (κ2) is 7.22. The number of phenols is 2. The summed E-state index contributed by atoms with van der Waals surface area (Å²) in [7, 11) is 4.08. The smallest absolute Gasteiger partial charge is 0.125 e. The number of benzene rings is 2. The molecule has 0 unspecified atom stereocenters. The van der Waals surface area contributed by atoms with Crippen molar-refractivity contribution in [1.82, 2.24) is 14.9 Å². The minimum absolute atomic E-state index is 0.247. The van der Waals surface area contributed by atoms with Crippen LogP contribution in [0.25, 0.3) is 32.9 Å². The lowest BCUT2D eigenvalue weighted by atomic mass is 9.97. The molecule has 0 aliphatic rings. The number of aromatic hydroxyl groups is 2. The summed E-state index contributed by atoms with van der Waals surface area (Å²) in [6.45, 7) is 1.42. The second-order valence-electron chi connectivity index (χ2n) is 7.48. The number of aromatic amines is 2. The van der Waals surface area contributed by atoms with E-state index in [2.05, 4.69) is 14.9 Å². The van der Waals surface area contributed by atoms with Crippen molar-refractivity contribution >= 4 is 21.8 Å². The molecule has 0 aliphatic heterocycles. The highest BCUT2D eigenvalue weighted by molar-refractivity contribution is 6.07. The van der Waals surface area contributed by atoms with Crippen LogP contribution in [-0.2, 0) is 12.8 Å². The summed E-state index contributed by atoms with van der Waals surface area (Å²) in [5.74, 6) is 0.524. The normalized spacial score (nSPS) is 11.9. The van der Waals surface area contributed by atoms with Gasteiger partial charge in [-0.3, -0.25) is 0 Å². The zero-order valence-corrected chi connectivity index (χ0v) is 16.2. The van der Waals surface area contributed by atoms with Gasteiger partial charge in [0.15, 0.2) is 0 Å². The molecule has 28 heavy (non-hydrogen) atoms. The summed E-state index contributed by atoms with van der Waals surface area (Å²) in [4.78, 5) is 8.79. The van der Waals surface area contributed by atoms with Crippen LogP contribution < -0.4 is 5.73 Å². The van der Waals surface area contributed by atoms with Gasteiger partial charge in [0, 0.05) is 40.8 Å². The number of hydrogen-bond donors (Lipinski definition) is 5. The average molecular weight is 378 g/mol. The third kappa shape index (κ3) is 3.00. The fourth-order valence-corrected chi connectivity index (χ4v) is 3.94. The Morgan fingerprint density at radius 1 is 0.821 bits per heavy atom. The molecule has 2 aromatic carbocycles. The summed E-state index contributed by atoms with van der Waals surface area (Å²) in [5, 5.41) is 22.6. The third-order valence-electron chi connectivity index (χ3n) is 5.32. The maximum Gasteiger partial charge on any atom is 0.125 e. The number of phenolic OH excluding ortho intramolecular Hbond substituents is 2. The molecule has 6 N–H and O–H groups in total. The fourth-order valence-electron chi connectivity index (χ4n) is 3.94. The number of nitrogens with zero attached hydrogens (tertiary/aromatic N) is 1. The first kappa shape index (κ1) is 18.4. The van der Waals surface area contributed by atoms with Crippen molar-refractivity contribution in [3.8, 4) is 22.6 Å². The standard InChI is InChI=1S/C22H26N4O2/c1-26(2)10-8-14-12-25-22-16(4-6-18(28)20(14)22)15-3-5-17(27)19-13(7-9-23)11-24-21(15)19/h3-6,11-12,24-25,27-28H,7-10,23H2,1-2H3. The average Bonchev–Trinajstić information content (AvgIpc) is 3.27. The summed E-state index contributed by atoms with van der Waals surface area (Å²) in [6, 6.07) is 7.29. The van der Waals surface area contributed by atoms with Crippen molar-refractivity contribution in [3.63, 3.8) is 0 Å². The van der Waals surface area contributed by atoms with Crippen LogP contribution in [0, 0.1) is 0 Å². The Bertz CT molecular complexity index is 1140. The Kier molecular flexibility index (Phi) is 4.75. The van der Waals surface area contributed by atoms with E-state index in [4.69, 9.17) is 5.73 Å². The molecular formula is C22H26N4O2. The second-order valence-corrected chi connectivity index (χ2v) is 7.48. The van der Waals surface area contributed by atoms with Crippen LogP contribution in [0.15, 0.2) is 36.7 Å². The first-order valence-electron chi connectivity index (χ1n) is 9.50. The summed E-state index contributed by atoms with van der Waals surface area (Å²) < 4.78 is 0. The first-order valence-corrected chi connectivity index (χ1v) is 9.50. The highest BCUT2D eigenvalue weighted by atomic mass is 16.3. The van der Waals surface area contributed by atoms with E-state index in [1.165, 1.54) is 0 Å². The Labute approximate surface area is 163 Å². The Balaban J connectivity index is 1.91. The molecule has 0 fully saturated rings. The lowest BCUT2D eigenvalue weighted by Crippen LogP contribution is -2.14. The maximum atomic E-state index is 10.5. The number of hydrogen-bond acceptors (Lipinski definition) is 4. The van der Waals surface area contributed by atoms with Gasteiger partial charge in [0.05, 0.1) is 11.0 Å². The van der Waals surface area contributed by atoms with Gasteiger partial charge < -0.3 is 30.8 Å². The largest absolute Gasteiger partial charge is 0.507 e. The minimum Gasteiger partial charge on any atom is -0.507 e. The molecule has 0 spiro atoms. The topological polar surface area (TPSA) is 101 Å². The molecule has 0 aliphatic carbocycles. The van der Waals surface area contributed by atoms with Crippen LogP contribution in [0.3, 0.4) is 0 Å². The summed E-state index contributed by atoms with van der Waals surface area (Å²) >= 11 is 0. The van der Waals surface area contributed by atoms with Gasteiger partial charge in [0.2, 0.25) is 0 Å². The van der Waals surface area contributed by atoms with E-state index in [9.17, 15) is 10.2 Å².